The van der Waals surface area contributed by atoms with Gasteiger partial charge in [0, 0.05) is 16.5 Å². The normalized spacial score (nSPS) is 12.2. The summed E-state index contributed by atoms with van der Waals surface area (Å²) in [4.78, 5) is 11.3. The average molecular weight is 274 g/mol. The monoisotopic (exact) mass is 273 g/mol. The van der Waals surface area contributed by atoms with E-state index >= 15 is 0 Å². The van der Waals surface area contributed by atoms with Crippen LogP contribution in [0.25, 0.3) is 0 Å². The third kappa shape index (κ3) is 5.44. The van der Waals surface area contributed by atoms with Crippen molar-refractivity contribution in [1.82, 2.24) is 0 Å². The molecule has 5 heteroatoms. The molecule has 0 radical (unpaired) electrons. The Balaban J connectivity index is 2.30. The van der Waals surface area contributed by atoms with Gasteiger partial charge >= 0.3 is 5.97 Å². The van der Waals surface area contributed by atoms with Crippen LogP contribution in [0.1, 0.15) is 12.5 Å². The molecule has 0 amide bonds. The number of rotatable bonds is 6. The Morgan fingerprint density at radius 3 is 3.00 bits per heavy atom. The van der Waals surface area contributed by atoms with Gasteiger partial charge in [0.25, 0.3) is 0 Å². The van der Waals surface area contributed by atoms with E-state index in [-0.39, 0.29) is 5.97 Å². The van der Waals surface area contributed by atoms with E-state index in [1.807, 2.05) is 24.3 Å². The van der Waals surface area contributed by atoms with Crippen LogP contribution in [0.15, 0.2) is 24.3 Å². The van der Waals surface area contributed by atoms with Crippen molar-refractivity contribution in [3.8, 4) is 0 Å². The zero-order valence-corrected chi connectivity index (χ0v) is 11.3. The molecule has 1 rings (SSSR count). The lowest BCUT2D eigenvalue weighted by Gasteiger charge is -2.10. The highest BCUT2D eigenvalue weighted by molar-refractivity contribution is 7.98. The standard InChI is InChI=1S/C12H16ClNO2S/c1-2-16-12(15)11(14)8-17-7-9-4-3-5-10(13)6-9/h3-6,11H,2,7-8,14H2,1H3. The van der Waals surface area contributed by atoms with Crippen molar-refractivity contribution in [2.24, 2.45) is 5.73 Å². The fourth-order valence-electron chi connectivity index (χ4n) is 1.25. The van der Waals surface area contributed by atoms with Crippen molar-refractivity contribution in [3.63, 3.8) is 0 Å². The van der Waals surface area contributed by atoms with Crippen molar-refractivity contribution < 1.29 is 9.53 Å². The second-order valence-electron chi connectivity index (χ2n) is 3.50. The first-order valence-corrected chi connectivity index (χ1v) is 6.91. The van der Waals surface area contributed by atoms with Crippen LogP contribution in [0.3, 0.4) is 0 Å². The van der Waals surface area contributed by atoms with E-state index in [1.165, 1.54) is 0 Å². The molecule has 0 aromatic heterocycles. The maximum atomic E-state index is 11.3. The molecule has 0 saturated carbocycles. The van der Waals surface area contributed by atoms with Gasteiger partial charge in [-0.15, -0.1) is 0 Å². The molecule has 0 aliphatic carbocycles. The zero-order chi connectivity index (χ0) is 12.7. The SMILES string of the molecule is CCOC(=O)C(N)CSCc1cccc(Cl)c1. The molecule has 0 aliphatic rings. The van der Waals surface area contributed by atoms with E-state index in [4.69, 9.17) is 22.1 Å². The molecule has 0 bridgehead atoms. The molecule has 94 valence electrons. The third-order valence-corrected chi connectivity index (χ3v) is 3.41. The van der Waals surface area contributed by atoms with Gasteiger partial charge in [-0.05, 0) is 24.6 Å². The summed E-state index contributed by atoms with van der Waals surface area (Å²) in [6.07, 6.45) is 0. The molecule has 1 aromatic rings. The van der Waals surface area contributed by atoms with Gasteiger partial charge in [-0.1, -0.05) is 23.7 Å². The van der Waals surface area contributed by atoms with Crippen LogP contribution < -0.4 is 5.73 Å². The van der Waals surface area contributed by atoms with E-state index in [2.05, 4.69) is 0 Å². The molecular weight excluding hydrogens is 258 g/mol. The lowest BCUT2D eigenvalue weighted by Crippen LogP contribution is -2.34. The van der Waals surface area contributed by atoms with E-state index in [9.17, 15) is 4.79 Å². The van der Waals surface area contributed by atoms with Crippen molar-refractivity contribution in [3.05, 3.63) is 34.9 Å². The average Bonchev–Trinajstić information content (AvgIpc) is 2.29. The first-order chi connectivity index (χ1) is 8.13. The smallest absolute Gasteiger partial charge is 0.323 e. The predicted molar refractivity (Wildman–Crippen MR) is 72.2 cm³/mol. The van der Waals surface area contributed by atoms with Crippen LogP contribution in [-0.4, -0.2) is 24.4 Å². The fraction of sp³-hybridized carbons (Fsp3) is 0.417. The maximum Gasteiger partial charge on any atom is 0.323 e. The van der Waals surface area contributed by atoms with Crippen molar-refractivity contribution in [2.45, 2.75) is 18.7 Å². The minimum atomic E-state index is -0.556. The highest BCUT2D eigenvalue weighted by Crippen LogP contribution is 2.17. The molecule has 0 heterocycles. The van der Waals surface area contributed by atoms with Gasteiger partial charge in [0.05, 0.1) is 6.61 Å². The predicted octanol–water partition coefficient (Wildman–Crippen LogP) is 2.46. The Bertz CT molecular complexity index is 373. The van der Waals surface area contributed by atoms with Gasteiger partial charge in [0.15, 0.2) is 0 Å². The van der Waals surface area contributed by atoms with Crippen LogP contribution in [-0.2, 0) is 15.3 Å². The lowest BCUT2D eigenvalue weighted by atomic mass is 10.2. The molecule has 1 unspecified atom stereocenters. The van der Waals surface area contributed by atoms with Gasteiger partial charge in [0.1, 0.15) is 6.04 Å². The summed E-state index contributed by atoms with van der Waals surface area (Å²) >= 11 is 7.46. The van der Waals surface area contributed by atoms with Crippen LogP contribution in [0, 0.1) is 0 Å². The Kier molecular flexibility index (Phi) is 6.40. The van der Waals surface area contributed by atoms with Gasteiger partial charge in [0.2, 0.25) is 0 Å². The molecule has 17 heavy (non-hydrogen) atoms. The summed E-state index contributed by atoms with van der Waals surface area (Å²) in [7, 11) is 0. The largest absolute Gasteiger partial charge is 0.465 e. The van der Waals surface area contributed by atoms with Gasteiger partial charge in [-0.25, -0.2) is 0 Å². The molecular formula is C12H16ClNO2S. The quantitative estimate of drug-likeness (QED) is 0.809. The Morgan fingerprint density at radius 2 is 2.35 bits per heavy atom. The summed E-state index contributed by atoms with van der Waals surface area (Å²) in [6.45, 7) is 2.13. The zero-order valence-electron chi connectivity index (χ0n) is 9.69. The second kappa shape index (κ2) is 7.58. The summed E-state index contributed by atoms with van der Waals surface area (Å²) in [5.74, 6) is 0.991. The first kappa shape index (κ1) is 14.4. The maximum absolute atomic E-state index is 11.3. The van der Waals surface area contributed by atoms with E-state index < -0.39 is 6.04 Å². The van der Waals surface area contributed by atoms with E-state index in [0.717, 1.165) is 16.3 Å². The number of carbonyl (C=O) groups excluding carboxylic acids is 1. The number of halogens is 1. The van der Waals surface area contributed by atoms with Crippen LogP contribution in [0.4, 0.5) is 0 Å². The van der Waals surface area contributed by atoms with Crippen LogP contribution in [0.2, 0.25) is 5.02 Å². The summed E-state index contributed by atoms with van der Waals surface area (Å²) in [5, 5.41) is 0.720. The van der Waals surface area contributed by atoms with Gasteiger partial charge < -0.3 is 10.5 Å². The molecule has 1 atom stereocenters. The number of thioether (sulfide) groups is 1. The van der Waals surface area contributed by atoms with E-state index in [1.54, 1.807) is 18.7 Å². The third-order valence-electron chi connectivity index (χ3n) is 2.04. The molecule has 3 nitrogen and oxygen atoms in total. The molecule has 0 saturated heterocycles. The number of esters is 1. The topological polar surface area (TPSA) is 52.3 Å². The van der Waals surface area contributed by atoms with Crippen LogP contribution >= 0.6 is 23.4 Å². The second-order valence-corrected chi connectivity index (χ2v) is 4.97. The Labute approximate surface area is 111 Å². The van der Waals surface area contributed by atoms with Crippen molar-refractivity contribution in [2.75, 3.05) is 12.4 Å². The number of hydrogen-bond acceptors (Lipinski definition) is 4. The fourth-order valence-corrected chi connectivity index (χ4v) is 2.38. The molecule has 0 fully saturated rings. The molecule has 0 aliphatic heterocycles. The lowest BCUT2D eigenvalue weighted by molar-refractivity contribution is -0.144. The molecule has 0 spiro atoms. The summed E-state index contributed by atoms with van der Waals surface area (Å²) in [6, 6.07) is 7.09. The minimum absolute atomic E-state index is 0.342. The Morgan fingerprint density at radius 1 is 1.59 bits per heavy atom. The highest BCUT2D eigenvalue weighted by atomic mass is 35.5. The summed E-state index contributed by atoms with van der Waals surface area (Å²) in [5.41, 5.74) is 6.80. The number of nitrogens with two attached hydrogens (primary N) is 1. The Hall–Kier alpha value is -0.710. The molecule has 2 N–H and O–H groups in total. The number of ether oxygens (including phenoxy) is 1. The number of benzene rings is 1. The van der Waals surface area contributed by atoms with Crippen molar-refractivity contribution in [1.29, 1.82) is 0 Å². The molecule has 1 aromatic carbocycles. The van der Waals surface area contributed by atoms with E-state index in [0.29, 0.717) is 12.4 Å². The minimum Gasteiger partial charge on any atom is -0.465 e. The highest BCUT2D eigenvalue weighted by Gasteiger charge is 2.13. The number of carbonyl (C=O) groups is 1. The number of hydrogen-bond donors (Lipinski definition) is 1. The van der Waals surface area contributed by atoms with Gasteiger partial charge in [-0.3, -0.25) is 4.79 Å². The first-order valence-electron chi connectivity index (χ1n) is 5.38. The van der Waals surface area contributed by atoms with Crippen molar-refractivity contribution >= 4 is 29.3 Å². The van der Waals surface area contributed by atoms with Crippen LogP contribution in [0.5, 0.6) is 0 Å². The van der Waals surface area contributed by atoms with Gasteiger partial charge in [-0.2, -0.15) is 11.8 Å². The summed E-state index contributed by atoms with van der Waals surface area (Å²) < 4.78 is 4.83.